The molecule has 0 radical (unpaired) electrons. The predicted molar refractivity (Wildman–Crippen MR) is 112 cm³/mol. The predicted octanol–water partition coefficient (Wildman–Crippen LogP) is 3.83. The summed E-state index contributed by atoms with van der Waals surface area (Å²) in [4.78, 5) is 38.6. The van der Waals surface area contributed by atoms with E-state index in [0.717, 1.165) is 10.5 Å². The van der Waals surface area contributed by atoms with Crippen LogP contribution >= 0.6 is 15.9 Å². The Labute approximate surface area is 176 Å². The molecular formula is C21H19BrN2O5. The Morgan fingerprint density at radius 1 is 1.10 bits per heavy atom. The monoisotopic (exact) mass is 458 g/mol. The molecule has 2 aromatic carbocycles. The van der Waals surface area contributed by atoms with Crippen LogP contribution in [0.4, 0.5) is 10.5 Å². The van der Waals surface area contributed by atoms with Crippen LogP contribution in [-0.4, -0.2) is 31.6 Å². The van der Waals surface area contributed by atoms with Crippen molar-refractivity contribution in [3.8, 4) is 11.5 Å². The van der Waals surface area contributed by atoms with E-state index in [0.29, 0.717) is 33.8 Å². The van der Waals surface area contributed by atoms with Gasteiger partial charge in [-0.25, -0.2) is 9.69 Å². The molecule has 0 atom stereocenters. The minimum absolute atomic E-state index is 0.168. The Hall–Kier alpha value is -3.13. The normalized spacial score (nSPS) is 15.5. The number of imide groups is 2. The highest BCUT2D eigenvalue weighted by Crippen LogP contribution is 2.35. The zero-order chi connectivity index (χ0) is 21.1. The minimum atomic E-state index is -0.787. The standard InChI is InChI=1S/C21H19BrN2O5/c1-4-29-18-10-13(16(22)11-17(18)28-3)9-15-19(25)23-21(27)24(20(15)26)14-7-5-12(2)6-8-14/h5-11H,4H2,1-3H3,(H,23,25,27)/b15-9+. The number of amides is 4. The average Bonchev–Trinajstić information content (AvgIpc) is 2.68. The Kier molecular flexibility index (Phi) is 6.03. The number of ether oxygens (including phenoxy) is 2. The summed E-state index contributed by atoms with van der Waals surface area (Å²) in [6, 6.07) is 9.42. The van der Waals surface area contributed by atoms with E-state index >= 15 is 0 Å². The number of hydrogen-bond donors (Lipinski definition) is 1. The van der Waals surface area contributed by atoms with Gasteiger partial charge >= 0.3 is 6.03 Å². The number of anilines is 1. The molecule has 1 fully saturated rings. The fraction of sp³-hybridized carbons (Fsp3) is 0.190. The van der Waals surface area contributed by atoms with Crippen LogP contribution in [0.25, 0.3) is 6.08 Å². The van der Waals surface area contributed by atoms with Crippen molar-refractivity contribution in [2.24, 2.45) is 0 Å². The first-order valence-electron chi connectivity index (χ1n) is 8.84. The van der Waals surface area contributed by atoms with Gasteiger partial charge in [0.25, 0.3) is 11.8 Å². The number of hydrogen-bond acceptors (Lipinski definition) is 5. The highest BCUT2D eigenvalue weighted by Gasteiger charge is 2.36. The molecule has 1 N–H and O–H groups in total. The number of methoxy groups -OCH3 is 1. The van der Waals surface area contributed by atoms with Gasteiger partial charge in [-0.3, -0.25) is 14.9 Å². The molecule has 0 saturated carbocycles. The number of rotatable bonds is 5. The van der Waals surface area contributed by atoms with Crippen molar-refractivity contribution >= 4 is 45.5 Å². The largest absolute Gasteiger partial charge is 0.493 e. The van der Waals surface area contributed by atoms with Gasteiger partial charge in [0, 0.05) is 4.47 Å². The van der Waals surface area contributed by atoms with Crippen LogP contribution in [0.5, 0.6) is 11.5 Å². The van der Waals surface area contributed by atoms with Gasteiger partial charge in [-0.05, 0) is 49.8 Å². The number of nitrogens with one attached hydrogen (secondary N) is 1. The van der Waals surface area contributed by atoms with Gasteiger partial charge in [0.15, 0.2) is 11.5 Å². The van der Waals surface area contributed by atoms with Crippen LogP contribution < -0.4 is 19.7 Å². The molecule has 4 amide bonds. The van der Waals surface area contributed by atoms with Gasteiger partial charge in [-0.1, -0.05) is 33.6 Å². The average molecular weight is 459 g/mol. The number of urea groups is 1. The number of barbiturate groups is 1. The first-order chi connectivity index (χ1) is 13.8. The molecule has 29 heavy (non-hydrogen) atoms. The Bertz CT molecular complexity index is 1010. The molecule has 1 heterocycles. The van der Waals surface area contributed by atoms with Crippen molar-refractivity contribution < 1.29 is 23.9 Å². The molecule has 3 rings (SSSR count). The number of benzene rings is 2. The molecule has 1 aliphatic rings. The van der Waals surface area contributed by atoms with Crippen LogP contribution in [0.1, 0.15) is 18.1 Å². The molecule has 0 aromatic heterocycles. The van der Waals surface area contributed by atoms with Gasteiger partial charge < -0.3 is 9.47 Å². The van der Waals surface area contributed by atoms with Crippen molar-refractivity contribution in [3.05, 3.63) is 57.6 Å². The van der Waals surface area contributed by atoms with Crippen LogP contribution in [0.2, 0.25) is 0 Å². The fourth-order valence-corrected chi connectivity index (χ4v) is 3.27. The van der Waals surface area contributed by atoms with Crippen LogP contribution in [0.3, 0.4) is 0 Å². The number of nitrogens with zero attached hydrogens (tertiary/aromatic N) is 1. The lowest BCUT2D eigenvalue weighted by Crippen LogP contribution is -2.54. The summed E-state index contributed by atoms with van der Waals surface area (Å²) in [5, 5.41) is 2.21. The Morgan fingerprint density at radius 2 is 1.79 bits per heavy atom. The smallest absolute Gasteiger partial charge is 0.335 e. The number of carbonyl (C=O) groups excluding carboxylic acids is 3. The second-order valence-electron chi connectivity index (χ2n) is 6.25. The number of halogens is 1. The van der Waals surface area contributed by atoms with E-state index in [2.05, 4.69) is 21.2 Å². The minimum Gasteiger partial charge on any atom is -0.493 e. The second-order valence-corrected chi connectivity index (χ2v) is 7.11. The lowest BCUT2D eigenvalue weighted by molar-refractivity contribution is -0.122. The summed E-state index contributed by atoms with van der Waals surface area (Å²) in [6.45, 7) is 4.15. The van der Waals surface area contributed by atoms with E-state index in [4.69, 9.17) is 9.47 Å². The lowest BCUT2D eigenvalue weighted by atomic mass is 10.1. The molecule has 0 unspecified atom stereocenters. The number of carbonyl (C=O) groups is 3. The van der Waals surface area contributed by atoms with E-state index in [-0.39, 0.29) is 5.57 Å². The third kappa shape index (κ3) is 4.17. The molecule has 1 saturated heterocycles. The van der Waals surface area contributed by atoms with Gasteiger partial charge in [-0.15, -0.1) is 0 Å². The third-order valence-corrected chi connectivity index (χ3v) is 4.96. The summed E-state index contributed by atoms with van der Waals surface area (Å²) in [7, 11) is 1.52. The fourth-order valence-electron chi connectivity index (χ4n) is 2.83. The van der Waals surface area contributed by atoms with Crippen molar-refractivity contribution in [3.63, 3.8) is 0 Å². The first kappa shape index (κ1) is 20.6. The van der Waals surface area contributed by atoms with Crippen molar-refractivity contribution in [1.82, 2.24) is 5.32 Å². The van der Waals surface area contributed by atoms with E-state index in [1.54, 1.807) is 36.4 Å². The quantitative estimate of drug-likeness (QED) is 0.543. The summed E-state index contributed by atoms with van der Waals surface area (Å²) in [5.41, 5.74) is 1.72. The van der Waals surface area contributed by atoms with Gasteiger partial charge in [0.2, 0.25) is 0 Å². The Morgan fingerprint density at radius 3 is 2.41 bits per heavy atom. The topological polar surface area (TPSA) is 84.9 Å². The molecule has 0 aliphatic carbocycles. The van der Waals surface area contributed by atoms with E-state index in [9.17, 15) is 14.4 Å². The first-order valence-corrected chi connectivity index (χ1v) is 9.63. The molecule has 0 spiro atoms. The molecule has 0 bridgehead atoms. The van der Waals surface area contributed by atoms with Crippen molar-refractivity contribution in [1.29, 1.82) is 0 Å². The Balaban J connectivity index is 2.05. The summed E-state index contributed by atoms with van der Waals surface area (Å²) in [6.07, 6.45) is 1.41. The number of aryl methyl sites for hydroxylation is 1. The van der Waals surface area contributed by atoms with Gasteiger partial charge in [0.1, 0.15) is 5.57 Å². The second kappa shape index (κ2) is 8.48. The summed E-state index contributed by atoms with van der Waals surface area (Å²) >= 11 is 3.42. The van der Waals surface area contributed by atoms with Crippen molar-refractivity contribution in [2.45, 2.75) is 13.8 Å². The summed E-state index contributed by atoms with van der Waals surface area (Å²) in [5.74, 6) is -0.482. The van der Waals surface area contributed by atoms with Crippen molar-refractivity contribution in [2.75, 3.05) is 18.6 Å². The highest BCUT2D eigenvalue weighted by atomic mass is 79.9. The molecule has 2 aromatic rings. The van der Waals surface area contributed by atoms with Gasteiger partial charge in [0.05, 0.1) is 19.4 Å². The SMILES string of the molecule is CCOc1cc(/C=C2\C(=O)NC(=O)N(c3ccc(C)cc3)C2=O)c(Br)cc1OC. The molecule has 150 valence electrons. The third-order valence-electron chi connectivity index (χ3n) is 4.28. The highest BCUT2D eigenvalue weighted by molar-refractivity contribution is 9.10. The van der Waals surface area contributed by atoms with E-state index in [1.807, 2.05) is 13.8 Å². The van der Waals surface area contributed by atoms with E-state index < -0.39 is 17.8 Å². The maximum absolute atomic E-state index is 13.0. The maximum atomic E-state index is 13.0. The zero-order valence-corrected chi connectivity index (χ0v) is 17.7. The molecular weight excluding hydrogens is 440 g/mol. The maximum Gasteiger partial charge on any atom is 0.335 e. The summed E-state index contributed by atoms with van der Waals surface area (Å²) < 4.78 is 11.5. The van der Waals surface area contributed by atoms with Gasteiger partial charge in [-0.2, -0.15) is 0 Å². The molecule has 7 nitrogen and oxygen atoms in total. The van der Waals surface area contributed by atoms with Crippen LogP contribution in [-0.2, 0) is 9.59 Å². The van der Waals surface area contributed by atoms with Crippen LogP contribution in [0, 0.1) is 6.92 Å². The molecule has 8 heteroatoms. The van der Waals surface area contributed by atoms with Crippen LogP contribution in [0.15, 0.2) is 46.4 Å². The lowest BCUT2D eigenvalue weighted by Gasteiger charge is -2.26. The van der Waals surface area contributed by atoms with E-state index in [1.165, 1.54) is 13.2 Å². The molecule has 1 aliphatic heterocycles. The zero-order valence-electron chi connectivity index (χ0n) is 16.1.